The topological polar surface area (TPSA) is 93.2 Å². The fourth-order valence-electron chi connectivity index (χ4n) is 3.02. The molecule has 1 atom stereocenters. The van der Waals surface area contributed by atoms with Crippen LogP contribution >= 0.6 is 0 Å². The molecule has 2 N–H and O–H groups in total. The van der Waals surface area contributed by atoms with Gasteiger partial charge in [-0.15, -0.1) is 0 Å². The summed E-state index contributed by atoms with van der Waals surface area (Å²) in [5.74, 6) is -0.291. The van der Waals surface area contributed by atoms with Crippen molar-refractivity contribution in [2.45, 2.75) is 24.9 Å². The highest BCUT2D eigenvalue weighted by Crippen LogP contribution is 2.22. The molecule has 2 rings (SSSR count). The third-order valence-electron chi connectivity index (χ3n) is 4.00. The fourth-order valence-corrected chi connectivity index (χ4v) is 3.02. The summed E-state index contributed by atoms with van der Waals surface area (Å²) in [6, 6.07) is -0.390. The normalized spacial score (nSPS) is 25.3. The number of rotatable bonds is 6. The van der Waals surface area contributed by atoms with E-state index in [1.54, 1.807) is 4.90 Å². The number of carbonyl (C=O) groups excluding carboxylic acids is 3. The van der Waals surface area contributed by atoms with E-state index >= 15 is 0 Å². The first-order valence-electron chi connectivity index (χ1n) is 7.54. The molecular formula is C14H24N4O4. The molecule has 0 radical (unpaired) electrons. The highest BCUT2D eigenvalue weighted by molar-refractivity contribution is 6.01. The molecule has 0 spiro atoms. The molecule has 2 aliphatic heterocycles. The Morgan fingerprint density at radius 1 is 1.41 bits per heavy atom. The Hall–Kier alpha value is -1.67. The molecule has 22 heavy (non-hydrogen) atoms. The number of likely N-dealkylation sites (N-methyl/N-ethyl adjacent to an activating group) is 1. The maximum Gasteiger partial charge on any atom is 0.324 e. The smallest absolute Gasteiger partial charge is 0.324 e. The van der Waals surface area contributed by atoms with Gasteiger partial charge < -0.3 is 20.2 Å². The Labute approximate surface area is 130 Å². The maximum absolute atomic E-state index is 12.2. The quantitative estimate of drug-likeness (QED) is 0.604. The average molecular weight is 312 g/mol. The number of β-amino-alcohol motifs (C(OH)–C–C–N with tert-alkyl or cyclic N) is 1. The highest BCUT2D eigenvalue weighted by atomic mass is 16.3. The van der Waals surface area contributed by atoms with Gasteiger partial charge in [0.1, 0.15) is 0 Å². The molecule has 8 nitrogen and oxygen atoms in total. The van der Waals surface area contributed by atoms with Crippen LogP contribution in [0.3, 0.4) is 0 Å². The standard InChI is InChI=1S/C14H24N4O4/c1-16(2)9-14(22)5-7-17(10-14)11(19)4-3-6-18-12(20)8-15-13(18)21/h22H,3-10H2,1-2H3,(H,15,21)/t14-/m1/s1. The average Bonchev–Trinajstić information content (AvgIpc) is 2.95. The van der Waals surface area contributed by atoms with Gasteiger partial charge in [-0.05, 0) is 26.9 Å². The molecule has 124 valence electrons. The van der Waals surface area contributed by atoms with Crippen molar-refractivity contribution in [1.82, 2.24) is 20.0 Å². The largest absolute Gasteiger partial charge is 0.387 e. The Morgan fingerprint density at radius 3 is 2.73 bits per heavy atom. The molecule has 2 heterocycles. The fraction of sp³-hybridized carbons (Fsp3) is 0.786. The SMILES string of the molecule is CN(C)C[C@]1(O)CCN(C(=O)CCCN2C(=O)CNC2=O)C1. The summed E-state index contributed by atoms with van der Waals surface area (Å²) in [7, 11) is 3.78. The monoisotopic (exact) mass is 312 g/mol. The van der Waals surface area contributed by atoms with Crippen molar-refractivity contribution in [2.24, 2.45) is 0 Å². The van der Waals surface area contributed by atoms with Crippen LogP contribution in [0, 0.1) is 0 Å². The zero-order valence-electron chi connectivity index (χ0n) is 13.2. The van der Waals surface area contributed by atoms with E-state index in [1.807, 2.05) is 19.0 Å². The summed E-state index contributed by atoms with van der Waals surface area (Å²) in [6.45, 7) is 1.71. The molecule has 4 amide bonds. The lowest BCUT2D eigenvalue weighted by atomic mass is 10.0. The molecule has 0 saturated carbocycles. The minimum atomic E-state index is -0.843. The molecule has 0 unspecified atom stereocenters. The van der Waals surface area contributed by atoms with Crippen LogP contribution in [0.25, 0.3) is 0 Å². The molecule has 0 aromatic carbocycles. The predicted molar refractivity (Wildman–Crippen MR) is 79.0 cm³/mol. The first-order chi connectivity index (χ1) is 10.3. The van der Waals surface area contributed by atoms with Gasteiger partial charge in [-0.25, -0.2) is 4.79 Å². The predicted octanol–water partition coefficient (Wildman–Crippen LogP) is -1.16. The number of nitrogens with zero attached hydrogens (tertiary/aromatic N) is 3. The summed E-state index contributed by atoms with van der Waals surface area (Å²) in [4.78, 5) is 39.6. The number of urea groups is 1. The van der Waals surface area contributed by atoms with Gasteiger partial charge in [-0.3, -0.25) is 14.5 Å². The Kier molecular flexibility index (Phi) is 5.02. The second kappa shape index (κ2) is 6.62. The molecule has 0 bridgehead atoms. The molecule has 0 aromatic heterocycles. The lowest BCUT2D eigenvalue weighted by Crippen LogP contribution is -2.43. The van der Waals surface area contributed by atoms with Gasteiger partial charge >= 0.3 is 6.03 Å². The molecule has 2 fully saturated rings. The second-order valence-corrected chi connectivity index (χ2v) is 6.34. The van der Waals surface area contributed by atoms with E-state index in [0.717, 1.165) is 4.90 Å². The third kappa shape index (κ3) is 3.95. The first-order valence-corrected chi connectivity index (χ1v) is 7.54. The van der Waals surface area contributed by atoms with E-state index in [-0.39, 0.29) is 37.4 Å². The highest BCUT2D eigenvalue weighted by Gasteiger charge is 2.38. The number of hydrogen-bond donors (Lipinski definition) is 2. The van der Waals surface area contributed by atoms with Crippen LogP contribution in [-0.4, -0.2) is 90.1 Å². The van der Waals surface area contributed by atoms with Crippen LogP contribution < -0.4 is 5.32 Å². The second-order valence-electron chi connectivity index (χ2n) is 6.34. The number of hydrogen-bond acceptors (Lipinski definition) is 5. The minimum Gasteiger partial charge on any atom is -0.387 e. The van der Waals surface area contributed by atoms with Gasteiger partial charge in [0, 0.05) is 26.1 Å². The van der Waals surface area contributed by atoms with E-state index in [9.17, 15) is 19.5 Å². The number of imide groups is 1. The molecule has 8 heteroatoms. The van der Waals surface area contributed by atoms with Crippen LogP contribution in [0.1, 0.15) is 19.3 Å². The van der Waals surface area contributed by atoms with Crippen molar-refractivity contribution in [3.63, 3.8) is 0 Å². The first kappa shape index (κ1) is 16.7. The van der Waals surface area contributed by atoms with Crippen molar-refractivity contribution >= 4 is 17.8 Å². The van der Waals surface area contributed by atoms with Crippen LogP contribution in [0.2, 0.25) is 0 Å². The maximum atomic E-state index is 12.2. The minimum absolute atomic E-state index is 0.0382. The van der Waals surface area contributed by atoms with Crippen molar-refractivity contribution in [1.29, 1.82) is 0 Å². The summed E-state index contributed by atoms with van der Waals surface area (Å²) >= 11 is 0. The van der Waals surface area contributed by atoms with Crippen molar-refractivity contribution < 1.29 is 19.5 Å². The number of aliphatic hydroxyl groups is 1. The van der Waals surface area contributed by atoms with Crippen molar-refractivity contribution in [2.75, 3.05) is 46.8 Å². The van der Waals surface area contributed by atoms with Gasteiger partial charge in [0.15, 0.2) is 0 Å². The molecule has 2 aliphatic rings. The van der Waals surface area contributed by atoms with Crippen LogP contribution in [0.5, 0.6) is 0 Å². The van der Waals surface area contributed by atoms with Gasteiger partial charge in [-0.2, -0.15) is 0 Å². The zero-order chi connectivity index (χ0) is 16.3. The van der Waals surface area contributed by atoms with E-state index < -0.39 is 5.60 Å². The Morgan fingerprint density at radius 2 is 2.14 bits per heavy atom. The summed E-state index contributed by atoms with van der Waals surface area (Å²) in [5, 5.41) is 12.9. The molecule has 0 aliphatic carbocycles. The summed E-state index contributed by atoms with van der Waals surface area (Å²) in [5.41, 5.74) is -0.843. The van der Waals surface area contributed by atoms with E-state index in [1.165, 1.54) is 0 Å². The van der Waals surface area contributed by atoms with E-state index in [2.05, 4.69) is 5.32 Å². The lowest BCUT2D eigenvalue weighted by Gasteiger charge is -2.26. The van der Waals surface area contributed by atoms with Crippen LogP contribution in [0.4, 0.5) is 4.79 Å². The van der Waals surface area contributed by atoms with Gasteiger partial charge in [0.05, 0.1) is 18.7 Å². The van der Waals surface area contributed by atoms with E-state index in [0.29, 0.717) is 32.5 Å². The van der Waals surface area contributed by atoms with Gasteiger partial charge in [0.25, 0.3) is 0 Å². The van der Waals surface area contributed by atoms with Crippen molar-refractivity contribution in [3.05, 3.63) is 0 Å². The van der Waals surface area contributed by atoms with Crippen LogP contribution in [-0.2, 0) is 9.59 Å². The molecule has 2 saturated heterocycles. The number of carbonyl (C=O) groups is 3. The van der Waals surface area contributed by atoms with Crippen LogP contribution in [0.15, 0.2) is 0 Å². The summed E-state index contributed by atoms with van der Waals surface area (Å²) in [6.07, 6.45) is 1.29. The Bertz CT molecular complexity index is 452. The zero-order valence-corrected chi connectivity index (χ0v) is 13.2. The molecule has 0 aromatic rings. The van der Waals surface area contributed by atoms with E-state index in [4.69, 9.17) is 0 Å². The molecular weight excluding hydrogens is 288 g/mol. The number of likely N-dealkylation sites (tertiary alicyclic amines) is 1. The van der Waals surface area contributed by atoms with Crippen molar-refractivity contribution in [3.8, 4) is 0 Å². The number of nitrogens with one attached hydrogen (secondary N) is 1. The third-order valence-corrected chi connectivity index (χ3v) is 4.00. The number of amides is 4. The Balaban J connectivity index is 1.74. The van der Waals surface area contributed by atoms with Gasteiger partial charge in [0.2, 0.25) is 11.8 Å². The lowest BCUT2D eigenvalue weighted by molar-refractivity contribution is -0.132. The van der Waals surface area contributed by atoms with Gasteiger partial charge in [-0.1, -0.05) is 0 Å². The summed E-state index contributed by atoms with van der Waals surface area (Å²) < 4.78 is 0.